The molecule has 1 aromatic rings. The Balaban J connectivity index is 1.86. The van der Waals surface area contributed by atoms with Crippen molar-refractivity contribution < 1.29 is 22.6 Å². The lowest BCUT2D eigenvalue weighted by Crippen LogP contribution is -2.45. The highest BCUT2D eigenvalue weighted by Crippen LogP contribution is 2.21. The summed E-state index contributed by atoms with van der Waals surface area (Å²) in [5.41, 5.74) is 0. The summed E-state index contributed by atoms with van der Waals surface area (Å²) in [5.74, 6) is 1.99. The fourth-order valence-corrected chi connectivity index (χ4v) is 3.02. The van der Waals surface area contributed by atoms with Gasteiger partial charge in [0.2, 0.25) is 0 Å². The molecule has 1 saturated heterocycles. The van der Waals surface area contributed by atoms with Gasteiger partial charge in [-0.05, 0) is 32.4 Å². The Bertz CT molecular complexity index is 640. The topological polar surface area (TPSA) is 58.1 Å². The van der Waals surface area contributed by atoms with Gasteiger partial charge < -0.3 is 20.1 Å². The molecule has 0 aliphatic carbocycles. The van der Waals surface area contributed by atoms with Crippen LogP contribution in [0.5, 0.6) is 11.5 Å². The Hall–Kier alpha value is -2.16. The molecule has 1 aliphatic rings. The summed E-state index contributed by atoms with van der Waals surface area (Å²) in [4.78, 5) is 5.93. The van der Waals surface area contributed by atoms with E-state index in [9.17, 15) is 13.2 Å². The number of ether oxygens (including phenoxy) is 2. The van der Waals surface area contributed by atoms with Gasteiger partial charge in [-0.3, -0.25) is 4.90 Å². The lowest BCUT2D eigenvalue weighted by atomic mass is 10.3. The average Bonchev–Trinajstić information content (AvgIpc) is 3.05. The molecule has 2 unspecified atom stereocenters. The molecule has 1 aromatic carbocycles. The molecule has 28 heavy (non-hydrogen) atoms. The number of alkyl halides is 3. The van der Waals surface area contributed by atoms with Crippen molar-refractivity contribution in [2.75, 3.05) is 39.8 Å². The van der Waals surface area contributed by atoms with E-state index in [2.05, 4.69) is 15.6 Å². The molecule has 2 rings (SSSR count). The summed E-state index contributed by atoms with van der Waals surface area (Å²) >= 11 is 0. The molecule has 0 spiro atoms. The minimum absolute atomic E-state index is 0.0604. The van der Waals surface area contributed by atoms with E-state index in [4.69, 9.17) is 9.47 Å². The number of likely N-dealkylation sites (tertiary alicyclic amines) is 1. The van der Waals surface area contributed by atoms with Crippen molar-refractivity contribution in [3.05, 3.63) is 24.3 Å². The van der Waals surface area contributed by atoms with Crippen LogP contribution in [0.15, 0.2) is 29.3 Å². The van der Waals surface area contributed by atoms with Gasteiger partial charge in [0.25, 0.3) is 0 Å². The maximum atomic E-state index is 12.5. The largest absolute Gasteiger partial charge is 0.497 e. The molecular formula is C19H29F3N4O2. The summed E-state index contributed by atoms with van der Waals surface area (Å²) in [6.07, 6.45) is -3.69. The predicted octanol–water partition coefficient (Wildman–Crippen LogP) is 2.65. The van der Waals surface area contributed by atoms with Gasteiger partial charge in [0.05, 0.1) is 20.2 Å². The second kappa shape index (κ2) is 10.4. The van der Waals surface area contributed by atoms with Crippen molar-refractivity contribution in [2.45, 2.75) is 38.6 Å². The molecule has 9 heteroatoms. The van der Waals surface area contributed by atoms with Gasteiger partial charge in [0, 0.05) is 31.7 Å². The van der Waals surface area contributed by atoms with E-state index in [1.165, 1.54) is 4.90 Å². The van der Waals surface area contributed by atoms with E-state index in [1.807, 2.05) is 32.0 Å². The number of halogens is 3. The number of aliphatic imine (C=N–C) groups is 1. The molecule has 158 valence electrons. The van der Waals surface area contributed by atoms with Gasteiger partial charge in [0.1, 0.15) is 17.6 Å². The van der Waals surface area contributed by atoms with Crippen LogP contribution in [0.25, 0.3) is 0 Å². The average molecular weight is 402 g/mol. The van der Waals surface area contributed by atoms with Crippen LogP contribution in [0.2, 0.25) is 0 Å². The van der Waals surface area contributed by atoms with E-state index < -0.39 is 12.7 Å². The minimum Gasteiger partial charge on any atom is -0.497 e. The van der Waals surface area contributed by atoms with Gasteiger partial charge in [-0.15, -0.1) is 0 Å². The molecule has 2 N–H and O–H groups in total. The molecule has 2 atom stereocenters. The fraction of sp³-hybridized carbons (Fsp3) is 0.632. The Morgan fingerprint density at radius 3 is 2.79 bits per heavy atom. The Kier molecular flexibility index (Phi) is 8.22. The van der Waals surface area contributed by atoms with Crippen LogP contribution in [0, 0.1) is 0 Å². The summed E-state index contributed by atoms with van der Waals surface area (Å²) in [6, 6.07) is 7.28. The van der Waals surface area contributed by atoms with E-state index >= 15 is 0 Å². The molecule has 0 aromatic heterocycles. The summed E-state index contributed by atoms with van der Waals surface area (Å²) in [7, 11) is 1.60. The highest BCUT2D eigenvalue weighted by Gasteiger charge is 2.34. The number of hydrogen-bond donors (Lipinski definition) is 2. The number of benzene rings is 1. The highest BCUT2D eigenvalue weighted by atomic mass is 19.4. The summed E-state index contributed by atoms with van der Waals surface area (Å²) < 4.78 is 48.6. The smallest absolute Gasteiger partial charge is 0.401 e. The van der Waals surface area contributed by atoms with Gasteiger partial charge in [0.15, 0.2) is 5.96 Å². The van der Waals surface area contributed by atoms with Gasteiger partial charge in [-0.25, -0.2) is 4.99 Å². The standard InChI is InChI=1S/C19H29F3N4O2/c1-4-23-18(25-15-8-9-26(12-15)13-19(20,21)22)24-11-14(2)28-17-7-5-6-16(10-17)27-3/h5-7,10,14-15H,4,8-9,11-13H2,1-3H3,(H2,23,24,25). The SMILES string of the molecule is CCNC(=NCC(C)Oc1cccc(OC)c1)NC1CCN(CC(F)(F)F)C1. The minimum atomic E-state index is -4.17. The first-order chi connectivity index (χ1) is 13.3. The predicted molar refractivity (Wildman–Crippen MR) is 103 cm³/mol. The highest BCUT2D eigenvalue weighted by molar-refractivity contribution is 5.80. The Labute approximate surface area is 164 Å². The van der Waals surface area contributed by atoms with Crippen molar-refractivity contribution >= 4 is 5.96 Å². The molecular weight excluding hydrogens is 373 g/mol. The normalized spacial score (nSPS) is 19.4. The third-order valence-electron chi connectivity index (χ3n) is 4.25. The van der Waals surface area contributed by atoms with Crippen LogP contribution in [-0.2, 0) is 0 Å². The zero-order valence-corrected chi connectivity index (χ0v) is 16.6. The fourth-order valence-electron chi connectivity index (χ4n) is 3.02. The molecule has 0 amide bonds. The van der Waals surface area contributed by atoms with Gasteiger partial charge in [-0.2, -0.15) is 13.2 Å². The summed E-state index contributed by atoms with van der Waals surface area (Å²) in [6.45, 7) is 4.82. The number of guanidine groups is 1. The van der Waals surface area contributed by atoms with Crippen LogP contribution in [0.4, 0.5) is 13.2 Å². The maximum absolute atomic E-state index is 12.5. The molecule has 0 bridgehead atoms. The van der Waals surface area contributed by atoms with Crippen LogP contribution in [0.3, 0.4) is 0 Å². The number of rotatable bonds is 8. The quantitative estimate of drug-likeness (QED) is 0.517. The van der Waals surface area contributed by atoms with Crippen LogP contribution in [0.1, 0.15) is 20.3 Å². The Morgan fingerprint density at radius 2 is 2.11 bits per heavy atom. The molecule has 1 aliphatic heterocycles. The first-order valence-electron chi connectivity index (χ1n) is 9.43. The van der Waals surface area contributed by atoms with Gasteiger partial charge in [-0.1, -0.05) is 6.07 Å². The third-order valence-corrected chi connectivity index (χ3v) is 4.25. The lowest BCUT2D eigenvalue weighted by molar-refractivity contribution is -0.143. The van der Waals surface area contributed by atoms with Gasteiger partial charge >= 0.3 is 6.18 Å². The van der Waals surface area contributed by atoms with Crippen molar-refractivity contribution in [3.63, 3.8) is 0 Å². The number of methoxy groups -OCH3 is 1. The number of hydrogen-bond acceptors (Lipinski definition) is 4. The number of nitrogens with one attached hydrogen (secondary N) is 2. The molecule has 1 fully saturated rings. The maximum Gasteiger partial charge on any atom is 0.401 e. The lowest BCUT2D eigenvalue weighted by Gasteiger charge is -2.20. The van der Waals surface area contributed by atoms with Crippen LogP contribution >= 0.6 is 0 Å². The van der Waals surface area contributed by atoms with Crippen molar-refractivity contribution in [3.8, 4) is 11.5 Å². The number of nitrogens with zero attached hydrogens (tertiary/aromatic N) is 2. The monoisotopic (exact) mass is 402 g/mol. The van der Waals surface area contributed by atoms with E-state index in [-0.39, 0.29) is 12.1 Å². The zero-order valence-electron chi connectivity index (χ0n) is 16.6. The second-order valence-electron chi connectivity index (χ2n) is 6.81. The van der Waals surface area contributed by atoms with E-state index in [1.54, 1.807) is 13.2 Å². The van der Waals surface area contributed by atoms with E-state index in [0.29, 0.717) is 50.1 Å². The zero-order chi connectivity index (χ0) is 20.6. The molecule has 6 nitrogen and oxygen atoms in total. The first-order valence-corrected chi connectivity index (χ1v) is 9.43. The molecule has 1 heterocycles. The third kappa shape index (κ3) is 7.84. The Morgan fingerprint density at radius 1 is 1.36 bits per heavy atom. The van der Waals surface area contributed by atoms with Crippen molar-refractivity contribution in [1.29, 1.82) is 0 Å². The van der Waals surface area contributed by atoms with Crippen molar-refractivity contribution in [2.24, 2.45) is 4.99 Å². The van der Waals surface area contributed by atoms with Crippen LogP contribution in [-0.4, -0.2) is 69.0 Å². The van der Waals surface area contributed by atoms with Crippen molar-refractivity contribution in [1.82, 2.24) is 15.5 Å². The first kappa shape index (κ1) is 22.1. The second-order valence-corrected chi connectivity index (χ2v) is 6.81. The molecule has 0 saturated carbocycles. The molecule has 0 radical (unpaired) electrons. The van der Waals surface area contributed by atoms with E-state index in [0.717, 1.165) is 0 Å². The summed E-state index contributed by atoms with van der Waals surface area (Å²) in [5, 5.41) is 6.36. The van der Waals surface area contributed by atoms with Crippen LogP contribution < -0.4 is 20.1 Å².